The molecule has 3 rings (SSSR count). The van der Waals surface area contributed by atoms with Crippen molar-refractivity contribution in [2.75, 3.05) is 33.9 Å². The van der Waals surface area contributed by atoms with Gasteiger partial charge in [0.05, 0.1) is 26.9 Å². The zero-order valence-corrected chi connectivity index (χ0v) is 18.8. The fourth-order valence-corrected chi connectivity index (χ4v) is 4.32. The maximum absolute atomic E-state index is 12.1. The van der Waals surface area contributed by atoms with E-state index in [2.05, 4.69) is 12.1 Å². The third-order valence-corrected chi connectivity index (χ3v) is 6.42. The van der Waals surface area contributed by atoms with Gasteiger partial charge in [0.1, 0.15) is 0 Å². The molecule has 0 aromatic heterocycles. The zero-order chi connectivity index (χ0) is 22.4. The number of methoxy groups -OCH3 is 2. The molecule has 168 valence electrons. The van der Waals surface area contributed by atoms with Crippen molar-refractivity contribution in [1.82, 2.24) is 4.90 Å². The number of hydrogen-bond acceptors (Lipinski definition) is 5. The van der Waals surface area contributed by atoms with E-state index in [9.17, 15) is 9.90 Å². The highest BCUT2D eigenvalue weighted by Gasteiger charge is 2.48. The summed E-state index contributed by atoms with van der Waals surface area (Å²) in [5.74, 6) is 1.30. The highest BCUT2D eigenvalue weighted by atomic mass is 16.5. The van der Waals surface area contributed by atoms with Crippen LogP contribution in [0, 0.1) is 5.41 Å². The van der Waals surface area contributed by atoms with Gasteiger partial charge in [0.2, 0.25) is 0 Å². The summed E-state index contributed by atoms with van der Waals surface area (Å²) in [5.41, 5.74) is 1.80. The van der Waals surface area contributed by atoms with Crippen LogP contribution in [-0.2, 0) is 11.2 Å². The summed E-state index contributed by atoms with van der Waals surface area (Å²) >= 11 is 0. The van der Waals surface area contributed by atoms with Gasteiger partial charge >= 0.3 is 6.09 Å². The number of amides is 1. The fraction of sp³-hybridized carbons (Fsp3) is 0.480. The van der Waals surface area contributed by atoms with Crippen molar-refractivity contribution in [3.63, 3.8) is 0 Å². The number of aryl methyl sites for hydroxylation is 1. The second-order valence-electron chi connectivity index (χ2n) is 8.43. The van der Waals surface area contributed by atoms with Crippen LogP contribution in [0.5, 0.6) is 11.5 Å². The summed E-state index contributed by atoms with van der Waals surface area (Å²) in [5, 5.41) is 10.5. The minimum atomic E-state index is -0.593. The number of likely N-dealkylation sites (tertiary alicyclic amines) is 1. The first kappa shape index (κ1) is 22.9. The number of aliphatic hydroxyl groups is 1. The van der Waals surface area contributed by atoms with Crippen LogP contribution in [0.1, 0.15) is 37.3 Å². The number of benzene rings is 2. The predicted molar refractivity (Wildman–Crippen MR) is 120 cm³/mol. The average molecular weight is 428 g/mol. The van der Waals surface area contributed by atoms with Gasteiger partial charge in [0.15, 0.2) is 11.5 Å². The van der Waals surface area contributed by atoms with Crippen LogP contribution in [0.3, 0.4) is 0 Å². The van der Waals surface area contributed by atoms with Crippen LogP contribution < -0.4 is 9.47 Å². The van der Waals surface area contributed by atoms with Crippen LogP contribution in [0.25, 0.3) is 0 Å². The Labute approximate surface area is 184 Å². The third-order valence-electron chi connectivity index (χ3n) is 6.42. The minimum absolute atomic E-state index is 0.0517. The lowest BCUT2D eigenvalue weighted by Crippen LogP contribution is -2.38. The fourth-order valence-electron chi connectivity index (χ4n) is 4.32. The molecule has 6 heteroatoms. The van der Waals surface area contributed by atoms with E-state index in [1.807, 2.05) is 43.3 Å². The molecule has 1 amide bonds. The SMILES string of the molecule is COC(=O)N1C[C@@H](c2ccc(OC)c(OCCCc3ccccc3)c2)[C@](C)(C(C)O)C1. The van der Waals surface area contributed by atoms with Crippen molar-refractivity contribution in [2.24, 2.45) is 5.41 Å². The molecule has 1 aliphatic heterocycles. The van der Waals surface area contributed by atoms with Gasteiger partial charge in [-0.1, -0.05) is 43.3 Å². The van der Waals surface area contributed by atoms with Gasteiger partial charge < -0.3 is 24.2 Å². The second-order valence-corrected chi connectivity index (χ2v) is 8.43. The molecule has 1 aliphatic rings. The first-order valence-corrected chi connectivity index (χ1v) is 10.7. The highest BCUT2D eigenvalue weighted by Crippen LogP contribution is 2.47. The molecule has 1 saturated heterocycles. The van der Waals surface area contributed by atoms with Gasteiger partial charge in [-0.25, -0.2) is 4.79 Å². The Morgan fingerprint density at radius 2 is 1.94 bits per heavy atom. The smallest absolute Gasteiger partial charge is 0.409 e. The monoisotopic (exact) mass is 427 g/mol. The lowest BCUT2D eigenvalue weighted by atomic mass is 9.72. The summed E-state index contributed by atoms with van der Waals surface area (Å²) in [6.07, 6.45) is 0.868. The molecular formula is C25H33NO5. The molecule has 1 heterocycles. The van der Waals surface area contributed by atoms with Crippen molar-refractivity contribution in [3.05, 3.63) is 59.7 Å². The van der Waals surface area contributed by atoms with Crippen molar-refractivity contribution in [3.8, 4) is 11.5 Å². The number of nitrogens with zero attached hydrogens (tertiary/aromatic N) is 1. The van der Waals surface area contributed by atoms with E-state index in [1.165, 1.54) is 12.7 Å². The summed E-state index contributed by atoms with van der Waals surface area (Å²) < 4.78 is 16.5. The van der Waals surface area contributed by atoms with Gasteiger partial charge in [-0.3, -0.25) is 0 Å². The molecule has 1 unspecified atom stereocenters. The van der Waals surface area contributed by atoms with Gasteiger partial charge in [-0.2, -0.15) is 0 Å². The van der Waals surface area contributed by atoms with Gasteiger partial charge in [-0.05, 0) is 43.0 Å². The molecule has 6 nitrogen and oxygen atoms in total. The van der Waals surface area contributed by atoms with Gasteiger partial charge in [0.25, 0.3) is 0 Å². The Morgan fingerprint density at radius 3 is 2.58 bits per heavy atom. The average Bonchev–Trinajstić information content (AvgIpc) is 3.15. The molecule has 3 atom stereocenters. The van der Waals surface area contributed by atoms with Crippen molar-refractivity contribution >= 4 is 6.09 Å². The first-order valence-electron chi connectivity index (χ1n) is 10.7. The molecule has 1 N–H and O–H groups in total. The van der Waals surface area contributed by atoms with Crippen LogP contribution in [-0.4, -0.2) is 56.1 Å². The van der Waals surface area contributed by atoms with E-state index in [0.717, 1.165) is 18.4 Å². The molecule has 0 radical (unpaired) electrons. The quantitative estimate of drug-likeness (QED) is 0.638. The maximum Gasteiger partial charge on any atom is 0.409 e. The molecule has 0 aliphatic carbocycles. The lowest BCUT2D eigenvalue weighted by Gasteiger charge is -2.33. The Hall–Kier alpha value is -2.73. The van der Waals surface area contributed by atoms with E-state index in [1.54, 1.807) is 18.9 Å². The van der Waals surface area contributed by atoms with Crippen molar-refractivity contribution < 1.29 is 24.1 Å². The number of carbonyl (C=O) groups excluding carboxylic acids is 1. The Morgan fingerprint density at radius 1 is 1.19 bits per heavy atom. The van der Waals surface area contributed by atoms with E-state index in [4.69, 9.17) is 14.2 Å². The Bertz CT molecular complexity index is 869. The van der Waals surface area contributed by atoms with E-state index in [0.29, 0.717) is 31.2 Å². The Kier molecular flexibility index (Phi) is 7.44. The number of ether oxygens (including phenoxy) is 3. The van der Waals surface area contributed by atoms with Gasteiger partial charge in [0, 0.05) is 24.4 Å². The molecule has 0 bridgehead atoms. The highest BCUT2D eigenvalue weighted by molar-refractivity contribution is 5.68. The van der Waals surface area contributed by atoms with Crippen molar-refractivity contribution in [2.45, 2.75) is 38.7 Å². The lowest BCUT2D eigenvalue weighted by molar-refractivity contribution is 0.0470. The second kappa shape index (κ2) is 10.1. The molecule has 2 aromatic rings. The topological polar surface area (TPSA) is 68.2 Å². The van der Waals surface area contributed by atoms with E-state index < -0.39 is 11.5 Å². The summed E-state index contributed by atoms with van der Waals surface area (Å²) in [6, 6.07) is 16.2. The minimum Gasteiger partial charge on any atom is -0.493 e. The predicted octanol–water partition coefficient (Wildman–Crippen LogP) is 4.26. The van der Waals surface area contributed by atoms with E-state index in [-0.39, 0.29) is 12.0 Å². The van der Waals surface area contributed by atoms with Crippen molar-refractivity contribution in [1.29, 1.82) is 0 Å². The van der Waals surface area contributed by atoms with Crippen LogP contribution >= 0.6 is 0 Å². The number of rotatable bonds is 8. The standard InChI is InChI=1S/C25H33NO5/c1-18(27)25(2)17-26(24(28)30-4)16-21(25)20-12-13-22(29-3)23(15-20)31-14-8-11-19-9-6-5-7-10-19/h5-7,9-10,12-13,15,18,21,27H,8,11,14,16-17H2,1-4H3/t18?,21-,25-/m0/s1. The first-order chi connectivity index (χ1) is 14.9. The largest absolute Gasteiger partial charge is 0.493 e. The Balaban J connectivity index is 1.75. The number of carbonyl (C=O) groups is 1. The zero-order valence-electron chi connectivity index (χ0n) is 18.8. The maximum atomic E-state index is 12.1. The van der Waals surface area contributed by atoms with Crippen LogP contribution in [0.4, 0.5) is 4.79 Å². The molecular weight excluding hydrogens is 394 g/mol. The molecule has 0 spiro atoms. The summed E-state index contributed by atoms with van der Waals surface area (Å²) in [6.45, 7) is 5.27. The molecule has 0 saturated carbocycles. The van der Waals surface area contributed by atoms with Crippen LogP contribution in [0.2, 0.25) is 0 Å². The number of hydrogen-bond donors (Lipinski definition) is 1. The van der Waals surface area contributed by atoms with Crippen LogP contribution in [0.15, 0.2) is 48.5 Å². The third kappa shape index (κ3) is 5.13. The number of aliphatic hydroxyl groups excluding tert-OH is 1. The normalized spacial score (nSPS) is 21.6. The molecule has 31 heavy (non-hydrogen) atoms. The summed E-state index contributed by atoms with van der Waals surface area (Å²) in [4.78, 5) is 13.8. The van der Waals surface area contributed by atoms with E-state index >= 15 is 0 Å². The van der Waals surface area contributed by atoms with Gasteiger partial charge in [-0.15, -0.1) is 0 Å². The molecule has 1 fully saturated rings. The summed E-state index contributed by atoms with van der Waals surface area (Å²) in [7, 11) is 3.00. The molecule has 2 aromatic carbocycles.